The molecule has 0 radical (unpaired) electrons. The van der Waals surface area contributed by atoms with Crippen molar-refractivity contribution in [2.75, 3.05) is 13.7 Å². The molecule has 198 valence electrons. The van der Waals surface area contributed by atoms with Gasteiger partial charge in [0.1, 0.15) is 5.75 Å². The van der Waals surface area contributed by atoms with E-state index in [1.54, 1.807) is 0 Å². The Balaban J connectivity index is 1.72. The Morgan fingerprint density at radius 2 is 1.94 bits per heavy atom. The highest BCUT2D eigenvalue weighted by Crippen LogP contribution is 2.49. The van der Waals surface area contributed by atoms with Crippen LogP contribution in [-0.4, -0.2) is 48.4 Å². The van der Waals surface area contributed by atoms with E-state index in [0.29, 0.717) is 30.1 Å². The van der Waals surface area contributed by atoms with Crippen LogP contribution in [0.25, 0.3) is 0 Å². The topological polar surface area (TPSA) is 85.2 Å². The fourth-order valence-corrected chi connectivity index (χ4v) is 6.08. The van der Waals surface area contributed by atoms with Gasteiger partial charge in [0.2, 0.25) is 0 Å². The molecule has 0 aromatic heterocycles. The van der Waals surface area contributed by atoms with E-state index in [9.17, 15) is 15.0 Å². The lowest BCUT2D eigenvalue weighted by atomic mass is 9.73. The van der Waals surface area contributed by atoms with Crippen molar-refractivity contribution in [3.05, 3.63) is 29.3 Å². The van der Waals surface area contributed by atoms with Gasteiger partial charge in [-0.1, -0.05) is 52.2 Å². The first kappa shape index (κ1) is 27.9. The maximum atomic E-state index is 11.6. The van der Waals surface area contributed by atoms with E-state index in [4.69, 9.17) is 14.2 Å². The van der Waals surface area contributed by atoms with E-state index >= 15 is 0 Å². The summed E-state index contributed by atoms with van der Waals surface area (Å²) in [7, 11) is 1.37. The molecule has 6 nitrogen and oxygen atoms in total. The third-order valence-corrected chi connectivity index (χ3v) is 7.87. The van der Waals surface area contributed by atoms with Gasteiger partial charge >= 0.3 is 5.97 Å². The molecule has 0 saturated heterocycles. The van der Waals surface area contributed by atoms with Gasteiger partial charge in [-0.05, 0) is 79.4 Å². The molecule has 2 aliphatic carbocycles. The Hall–Kier alpha value is -1.63. The molecule has 2 N–H and O–H groups in total. The number of hydrogen-bond acceptors (Lipinski definition) is 6. The highest BCUT2D eigenvalue weighted by molar-refractivity contribution is 5.71. The molecule has 0 heterocycles. The maximum Gasteiger partial charge on any atom is 0.343 e. The van der Waals surface area contributed by atoms with Crippen LogP contribution >= 0.6 is 0 Å². The van der Waals surface area contributed by atoms with Gasteiger partial charge in [0, 0.05) is 6.42 Å². The second-order valence-corrected chi connectivity index (χ2v) is 11.0. The summed E-state index contributed by atoms with van der Waals surface area (Å²) in [6.45, 7) is 6.28. The summed E-state index contributed by atoms with van der Waals surface area (Å²) in [5, 5.41) is 21.2. The van der Waals surface area contributed by atoms with Crippen molar-refractivity contribution in [3.63, 3.8) is 0 Å². The summed E-state index contributed by atoms with van der Waals surface area (Å²) in [6.07, 6.45) is 8.29. The van der Waals surface area contributed by atoms with Crippen LogP contribution in [0.5, 0.6) is 5.75 Å². The van der Waals surface area contributed by atoms with Gasteiger partial charge in [0.25, 0.3) is 0 Å². The molecular formula is C29H46O6. The molecule has 2 aliphatic rings. The molecule has 1 aromatic carbocycles. The van der Waals surface area contributed by atoms with E-state index in [1.807, 2.05) is 12.1 Å². The Bertz CT molecular complexity index is 793. The normalized spacial score (nSPS) is 25.1. The number of rotatable bonds is 14. The summed E-state index contributed by atoms with van der Waals surface area (Å²) in [5.41, 5.74) is 2.45. The van der Waals surface area contributed by atoms with Gasteiger partial charge in [-0.2, -0.15) is 0 Å². The number of benzene rings is 1. The highest BCUT2D eigenvalue weighted by Gasteiger charge is 2.46. The molecule has 3 rings (SSSR count). The molecule has 1 aromatic rings. The minimum Gasteiger partial charge on any atom is -0.482 e. The molecule has 6 atom stereocenters. The van der Waals surface area contributed by atoms with E-state index in [-0.39, 0.29) is 24.8 Å². The summed E-state index contributed by atoms with van der Waals surface area (Å²) in [6, 6.07) is 6.09. The molecule has 1 fully saturated rings. The summed E-state index contributed by atoms with van der Waals surface area (Å²) in [4.78, 5) is 11.6. The van der Waals surface area contributed by atoms with Crippen molar-refractivity contribution < 1.29 is 29.2 Å². The van der Waals surface area contributed by atoms with Crippen molar-refractivity contribution in [1.82, 2.24) is 0 Å². The molecule has 0 aliphatic heterocycles. The van der Waals surface area contributed by atoms with Crippen LogP contribution in [0.1, 0.15) is 83.3 Å². The number of hydrogen-bond donors (Lipinski definition) is 2. The van der Waals surface area contributed by atoms with Crippen LogP contribution in [0.2, 0.25) is 0 Å². The standard InChI is InChI=1S/C29H46O6/c1-5-6-7-10-22(30)12-13-23-24-15-20-9-8-11-26(34-18-29(32)33-4)25(20)16-21(24)17-27(23)35-28(31)14-19(2)3/h8-9,11,19,21-24,27-28,30-31H,5-7,10,12-18H2,1-4H3/t21-,22-,23+,24-,27+,28?/m0/s1. The Kier molecular flexibility index (Phi) is 10.9. The van der Waals surface area contributed by atoms with Crippen LogP contribution < -0.4 is 4.74 Å². The number of carbonyl (C=O) groups is 1. The third kappa shape index (κ3) is 7.93. The molecule has 6 heteroatoms. The maximum absolute atomic E-state index is 11.6. The average Bonchev–Trinajstić information content (AvgIpc) is 3.14. The predicted octanol–water partition coefficient (Wildman–Crippen LogP) is 5.06. The first-order chi connectivity index (χ1) is 16.8. The predicted molar refractivity (Wildman–Crippen MR) is 136 cm³/mol. The Morgan fingerprint density at radius 1 is 1.14 bits per heavy atom. The van der Waals surface area contributed by atoms with Gasteiger partial charge in [-0.25, -0.2) is 4.79 Å². The highest BCUT2D eigenvalue weighted by atomic mass is 16.6. The van der Waals surface area contributed by atoms with Crippen molar-refractivity contribution >= 4 is 5.97 Å². The lowest BCUT2D eigenvalue weighted by molar-refractivity contribution is -0.156. The van der Waals surface area contributed by atoms with Gasteiger partial charge < -0.3 is 24.4 Å². The quantitative estimate of drug-likeness (QED) is 0.215. The van der Waals surface area contributed by atoms with Gasteiger partial charge in [-0.15, -0.1) is 0 Å². The van der Waals surface area contributed by atoms with Gasteiger partial charge in [-0.3, -0.25) is 0 Å². The van der Waals surface area contributed by atoms with Crippen LogP contribution in [0.4, 0.5) is 0 Å². The number of methoxy groups -OCH3 is 1. The molecular weight excluding hydrogens is 444 g/mol. The van der Waals surface area contributed by atoms with Crippen LogP contribution in [0.3, 0.4) is 0 Å². The number of fused-ring (bicyclic) bond motifs is 2. The number of esters is 1. The molecule has 35 heavy (non-hydrogen) atoms. The van der Waals surface area contributed by atoms with Crippen LogP contribution in [0.15, 0.2) is 18.2 Å². The van der Waals surface area contributed by atoms with Crippen molar-refractivity contribution in [1.29, 1.82) is 0 Å². The molecule has 0 amide bonds. The van der Waals surface area contributed by atoms with Crippen LogP contribution in [0, 0.1) is 23.7 Å². The molecule has 1 unspecified atom stereocenters. The smallest absolute Gasteiger partial charge is 0.343 e. The van der Waals surface area contributed by atoms with Crippen LogP contribution in [-0.2, 0) is 27.1 Å². The van der Waals surface area contributed by atoms with Crippen molar-refractivity contribution in [2.45, 2.75) is 103 Å². The van der Waals surface area contributed by atoms with Crippen molar-refractivity contribution in [2.24, 2.45) is 23.7 Å². The van der Waals surface area contributed by atoms with E-state index in [2.05, 4.69) is 26.8 Å². The second-order valence-electron chi connectivity index (χ2n) is 11.0. The number of ether oxygens (including phenoxy) is 3. The lowest BCUT2D eigenvalue weighted by Crippen LogP contribution is -2.31. The molecule has 0 spiro atoms. The number of carbonyl (C=O) groups excluding carboxylic acids is 1. The average molecular weight is 491 g/mol. The fraction of sp³-hybridized carbons (Fsp3) is 0.759. The van der Waals surface area contributed by atoms with E-state index in [0.717, 1.165) is 63.5 Å². The number of unbranched alkanes of at least 4 members (excludes halogenated alkanes) is 2. The second kappa shape index (κ2) is 13.6. The SMILES string of the molecule is CCCCC[C@H](O)CC[C@@H]1[C@H]2Cc3cccc(OCC(=O)OC)c3C[C@H]2C[C@H]1OC(O)CC(C)C. The van der Waals surface area contributed by atoms with Gasteiger partial charge in [0.15, 0.2) is 12.9 Å². The van der Waals surface area contributed by atoms with Gasteiger partial charge in [0.05, 0.1) is 19.3 Å². The zero-order chi connectivity index (χ0) is 25.4. The molecule has 1 saturated carbocycles. The lowest BCUT2D eigenvalue weighted by Gasteiger charge is -2.33. The van der Waals surface area contributed by atoms with Crippen molar-refractivity contribution in [3.8, 4) is 5.75 Å². The third-order valence-electron chi connectivity index (χ3n) is 7.87. The zero-order valence-electron chi connectivity index (χ0n) is 22.1. The summed E-state index contributed by atoms with van der Waals surface area (Å²) in [5.74, 6) is 1.95. The minimum absolute atomic E-state index is 0.00431. The largest absolute Gasteiger partial charge is 0.482 e. The number of aliphatic hydroxyl groups excluding tert-OH is 2. The summed E-state index contributed by atoms with van der Waals surface area (Å²) >= 11 is 0. The Labute approximate surface area is 211 Å². The minimum atomic E-state index is -0.751. The summed E-state index contributed by atoms with van der Waals surface area (Å²) < 4.78 is 16.8. The van der Waals surface area contributed by atoms with E-state index < -0.39 is 6.29 Å². The van der Waals surface area contributed by atoms with E-state index in [1.165, 1.54) is 18.2 Å². The fourth-order valence-electron chi connectivity index (χ4n) is 6.08. The monoisotopic (exact) mass is 490 g/mol. The molecule has 0 bridgehead atoms. The number of aliphatic hydroxyl groups is 2. The first-order valence-corrected chi connectivity index (χ1v) is 13.6. The zero-order valence-corrected chi connectivity index (χ0v) is 22.1. The Morgan fingerprint density at radius 3 is 2.66 bits per heavy atom. The first-order valence-electron chi connectivity index (χ1n) is 13.6.